The number of rotatable bonds is 2. The Hall–Kier alpha value is -1.36. The van der Waals surface area contributed by atoms with Crippen LogP contribution in [0.2, 0.25) is 0 Å². The van der Waals surface area contributed by atoms with Crippen LogP contribution in [0.15, 0.2) is 12.4 Å². The molecule has 0 aromatic carbocycles. The second kappa shape index (κ2) is 3.42. The van der Waals surface area contributed by atoms with Crippen LogP contribution in [0.5, 0.6) is 0 Å². The third-order valence-corrected chi connectivity index (χ3v) is 2.63. The van der Waals surface area contributed by atoms with Crippen LogP contribution in [0.4, 0.5) is 0 Å². The van der Waals surface area contributed by atoms with E-state index in [0.717, 1.165) is 19.3 Å². The Morgan fingerprint density at radius 1 is 1.57 bits per heavy atom. The zero-order valence-electron chi connectivity index (χ0n) is 7.63. The van der Waals surface area contributed by atoms with Crippen LogP contribution in [0.3, 0.4) is 0 Å². The van der Waals surface area contributed by atoms with E-state index < -0.39 is 12.1 Å². The van der Waals surface area contributed by atoms with Gasteiger partial charge in [0.05, 0.1) is 23.9 Å². The number of carboxylic acid groups (broad SMARTS) is 1. The number of hydrogen-bond acceptors (Lipinski definition) is 3. The lowest BCUT2D eigenvalue weighted by molar-refractivity contribution is 0.0696. The van der Waals surface area contributed by atoms with Gasteiger partial charge in [-0.3, -0.25) is 4.68 Å². The molecule has 0 amide bonds. The van der Waals surface area contributed by atoms with Crippen molar-refractivity contribution in [2.24, 2.45) is 0 Å². The molecular weight excluding hydrogens is 184 g/mol. The van der Waals surface area contributed by atoms with E-state index in [1.165, 1.54) is 12.4 Å². The molecule has 2 N–H and O–H groups in total. The Labute approximate surface area is 81.0 Å². The number of carbonyl (C=O) groups is 1. The molecule has 1 aromatic rings. The van der Waals surface area contributed by atoms with Gasteiger partial charge >= 0.3 is 5.97 Å². The number of aliphatic hydroxyl groups is 1. The SMILES string of the molecule is O=C(O)c1cnn(C2CCCC2O)c1. The standard InChI is InChI=1S/C9H12N2O3/c12-8-3-1-2-7(8)11-5-6(4-10-11)9(13)14/h4-5,7-8,12H,1-3H2,(H,13,14). The third-order valence-electron chi connectivity index (χ3n) is 2.63. The molecule has 14 heavy (non-hydrogen) atoms. The minimum Gasteiger partial charge on any atom is -0.478 e. The molecule has 5 nitrogen and oxygen atoms in total. The van der Waals surface area contributed by atoms with Crippen molar-refractivity contribution < 1.29 is 15.0 Å². The number of nitrogens with zero attached hydrogens (tertiary/aromatic N) is 2. The van der Waals surface area contributed by atoms with Crippen LogP contribution in [0, 0.1) is 0 Å². The minimum absolute atomic E-state index is 0.0527. The first-order chi connectivity index (χ1) is 6.68. The zero-order valence-corrected chi connectivity index (χ0v) is 7.63. The highest BCUT2D eigenvalue weighted by molar-refractivity contribution is 5.86. The van der Waals surface area contributed by atoms with Gasteiger partial charge in [0.15, 0.2) is 0 Å². The predicted molar refractivity (Wildman–Crippen MR) is 48.1 cm³/mol. The molecule has 0 bridgehead atoms. The summed E-state index contributed by atoms with van der Waals surface area (Å²) in [5, 5.41) is 22.2. The van der Waals surface area contributed by atoms with Gasteiger partial charge in [0.1, 0.15) is 0 Å². The van der Waals surface area contributed by atoms with Gasteiger partial charge in [0, 0.05) is 6.20 Å². The molecule has 1 heterocycles. The fourth-order valence-corrected chi connectivity index (χ4v) is 1.86. The van der Waals surface area contributed by atoms with Crippen molar-refractivity contribution in [2.45, 2.75) is 31.4 Å². The summed E-state index contributed by atoms with van der Waals surface area (Å²) in [7, 11) is 0. The topological polar surface area (TPSA) is 75.3 Å². The summed E-state index contributed by atoms with van der Waals surface area (Å²) >= 11 is 0. The summed E-state index contributed by atoms with van der Waals surface area (Å²) in [6, 6.07) is -0.0527. The summed E-state index contributed by atoms with van der Waals surface area (Å²) in [4.78, 5) is 10.6. The largest absolute Gasteiger partial charge is 0.478 e. The Morgan fingerprint density at radius 2 is 2.36 bits per heavy atom. The van der Waals surface area contributed by atoms with E-state index in [2.05, 4.69) is 5.10 Å². The molecule has 1 aliphatic rings. The van der Waals surface area contributed by atoms with Crippen molar-refractivity contribution >= 4 is 5.97 Å². The highest BCUT2D eigenvalue weighted by atomic mass is 16.4. The third kappa shape index (κ3) is 1.50. The summed E-state index contributed by atoms with van der Waals surface area (Å²) in [5.41, 5.74) is 0.170. The molecule has 76 valence electrons. The Balaban J connectivity index is 2.20. The van der Waals surface area contributed by atoms with Gasteiger partial charge in [-0.05, 0) is 19.3 Å². The van der Waals surface area contributed by atoms with Gasteiger partial charge < -0.3 is 10.2 Å². The second-order valence-electron chi connectivity index (χ2n) is 3.58. The Morgan fingerprint density at radius 3 is 2.86 bits per heavy atom. The van der Waals surface area contributed by atoms with E-state index in [1.807, 2.05) is 0 Å². The first kappa shape index (κ1) is 9.21. The smallest absolute Gasteiger partial charge is 0.338 e. The molecule has 1 saturated carbocycles. The lowest BCUT2D eigenvalue weighted by Gasteiger charge is -2.14. The fourth-order valence-electron chi connectivity index (χ4n) is 1.86. The average Bonchev–Trinajstić information content (AvgIpc) is 2.71. The van der Waals surface area contributed by atoms with E-state index in [4.69, 9.17) is 5.11 Å². The predicted octanol–water partition coefficient (Wildman–Crippen LogP) is 0.667. The van der Waals surface area contributed by atoms with Crippen LogP contribution < -0.4 is 0 Å². The second-order valence-corrected chi connectivity index (χ2v) is 3.58. The Bertz CT molecular complexity index is 348. The van der Waals surface area contributed by atoms with E-state index in [-0.39, 0.29) is 11.6 Å². The van der Waals surface area contributed by atoms with Crippen molar-refractivity contribution in [2.75, 3.05) is 0 Å². The van der Waals surface area contributed by atoms with E-state index in [9.17, 15) is 9.90 Å². The molecule has 1 fully saturated rings. The number of carboxylic acids is 1. The molecule has 0 radical (unpaired) electrons. The van der Waals surface area contributed by atoms with Crippen LogP contribution in [0.1, 0.15) is 35.7 Å². The van der Waals surface area contributed by atoms with E-state index in [0.29, 0.717) is 0 Å². The molecule has 0 spiro atoms. The van der Waals surface area contributed by atoms with Crippen molar-refractivity contribution in [3.63, 3.8) is 0 Å². The maximum atomic E-state index is 10.6. The Kier molecular flexibility index (Phi) is 2.25. The van der Waals surface area contributed by atoms with Crippen molar-refractivity contribution in [1.29, 1.82) is 0 Å². The number of aromatic nitrogens is 2. The number of aliphatic hydroxyl groups excluding tert-OH is 1. The minimum atomic E-state index is -0.983. The molecule has 0 aliphatic heterocycles. The molecular formula is C9H12N2O3. The van der Waals surface area contributed by atoms with E-state index >= 15 is 0 Å². The summed E-state index contributed by atoms with van der Waals surface area (Å²) < 4.78 is 1.56. The van der Waals surface area contributed by atoms with Crippen molar-refractivity contribution in [3.05, 3.63) is 18.0 Å². The average molecular weight is 196 g/mol. The van der Waals surface area contributed by atoms with Crippen molar-refractivity contribution in [1.82, 2.24) is 9.78 Å². The lowest BCUT2D eigenvalue weighted by Crippen LogP contribution is -2.18. The van der Waals surface area contributed by atoms with Crippen LogP contribution in [0.25, 0.3) is 0 Å². The zero-order chi connectivity index (χ0) is 10.1. The fraction of sp³-hybridized carbons (Fsp3) is 0.556. The monoisotopic (exact) mass is 196 g/mol. The summed E-state index contributed by atoms with van der Waals surface area (Å²) in [6.45, 7) is 0. The first-order valence-electron chi connectivity index (χ1n) is 4.64. The van der Waals surface area contributed by atoms with Gasteiger partial charge in [-0.1, -0.05) is 0 Å². The van der Waals surface area contributed by atoms with Gasteiger partial charge in [0.25, 0.3) is 0 Å². The number of hydrogen-bond donors (Lipinski definition) is 2. The molecule has 2 atom stereocenters. The van der Waals surface area contributed by atoms with Gasteiger partial charge in [-0.15, -0.1) is 0 Å². The molecule has 2 rings (SSSR count). The maximum Gasteiger partial charge on any atom is 0.338 e. The normalized spacial score (nSPS) is 26.6. The van der Waals surface area contributed by atoms with Gasteiger partial charge in [-0.2, -0.15) is 5.10 Å². The summed E-state index contributed by atoms with van der Waals surface area (Å²) in [5.74, 6) is -0.983. The van der Waals surface area contributed by atoms with Crippen LogP contribution in [-0.2, 0) is 0 Å². The van der Waals surface area contributed by atoms with Crippen LogP contribution in [-0.4, -0.2) is 32.1 Å². The molecule has 2 unspecified atom stereocenters. The summed E-state index contributed by atoms with van der Waals surface area (Å²) in [6.07, 6.45) is 4.99. The van der Waals surface area contributed by atoms with Crippen molar-refractivity contribution in [3.8, 4) is 0 Å². The molecule has 1 aromatic heterocycles. The van der Waals surface area contributed by atoms with E-state index in [1.54, 1.807) is 4.68 Å². The first-order valence-corrected chi connectivity index (χ1v) is 4.64. The molecule has 5 heteroatoms. The number of aromatic carboxylic acids is 1. The highest BCUT2D eigenvalue weighted by Gasteiger charge is 2.27. The highest BCUT2D eigenvalue weighted by Crippen LogP contribution is 2.29. The lowest BCUT2D eigenvalue weighted by atomic mass is 10.2. The molecule has 1 aliphatic carbocycles. The quantitative estimate of drug-likeness (QED) is 0.728. The maximum absolute atomic E-state index is 10.6. The van der Waals surface area contributed by atoms with Gasteiger partial charge in [0.2, 0.25) is 0 Å². The molecule has 0 saturated heterocycles. The van der Waals surface area contributed by atoms with Gasteiger partial charge in [-0.25, -0.2) is 4.79 Å². The van der Waals surface area contributed by atoms with Crippen LogP contribution >= 0.6 is 0 Å².